The molecule has 1 aliphatic heterocycles. The van der Waals surface area contributed by atoms with Gasteiger partial charge >= 0.3 is 6.03 Å². The summed E-state index contributed by atoms with van der Waals surface area (Å²) in [7, 11) is 0. The summed E-state index contributed by atoms with van der Waals surface area (Å²) in [4.78, 5) is 30.9. The van der Waals surface area contributed by atoms with Crippen molar-refractivity contribution in [2.24, 2.45) is 0 Å². The van der Waals surface area contributed by atoms with Crippen LogP contribution in [0.5, 0.6) is 0 Å². The molecule has 2 aromatic rings. The summed E-state index contributed by atoms with van der Waals surface area (Å²) in [5.41, 5.74) is 2.93. The second-order valence-electron chi connectivity index (χ2n) is 6.93. The summed E-state index contributed by atoms with van der Waals surface area (Å²) >= 11 is 0. The zero-order valence-electron chi connectivity index (χ0n) is 16.1. The van der Waals surface area contributed by atoms with Crippen LogP contribution in [-0.2, 0) is 4.79 Å². The molecule has 0 bridgehead atoms. The molecule has 0 N–H and O–H groups in total. The molecule has 5 nitrogen and oxygen atoms in total. The number of benzene rings is 2. The molecule has 5 heteroatoms. The van der Waals surface area contributed by atoms with Crippen molar-refractivity contribution in [2.45, 2.75) is 26.7 Å². The second kappa shape index (κ2) is 8.71. The molecule has 0 aliphatic carbocycles. The zero-order valence-corrected chi connectivity index (χ0v) is 16.1. The lowest BCUT2D eigenvalue weighted by Crippen LogP contribution is -2.42. The summed E-state index contributed by atoms with van der Waals surface area (Å²) in [6.07, 6.45) is 1.95. The number of aryl methyl sites for hydroxylation is 1. The van der Waals surface area contributed by atoms with E-state index >= 15 is 0 Å². The molecule has 27 heavy (non-hydrogen) atoms. The van der Waals surface area contributed by atoms with E-state index in [1.165, 1.54) is 0 Å². The molecule has 1 aliphatic rings. The van der Waals surface area contributed by atoms with Crippen LogP contribution in [0, 0.1) is 6.92 Å². The molecule has 142 valence electrons. The maximum absolute atomic E-state index is 13.0. The number of carbonyl (C=O) groups excluding carboxylic acids is 2. The number of amides is 3. The monoisotopic (exact) mass is 365 g/mol. The lowest BCUT2D eigenvalue weighted by atomic mass is 10.2. The number of urea groups is 1. The molecule has 0 saturated carbocycles. The number of hydrogen-bond acceptors (Lipinski definition) is 2. The highest BCUT2D eigenvalue weighted by molar-refractivity contribution is 6.00. The molecular formula is C22H27N3O2. The second-order valence-corrected chi connectivity index (χ2v) is 6.93. The fourth-order valence-electron chi connectivity index (χ4n) is 3.26. The van der Waals surface area contributed by atoms with Gasteiger partial charge in [-0.15, -0.1) is 0 Å². The molecule has 2 aromatic carbocycles. The van der Waals surface area contributed by atoms with E-state index in [9.17, 15) is 9.59 Å². The van der Waals surface area contributed by atoms with Crippen LogP contribution in [0.3, 0.4) is 0 Å². The van der Waals surface area contributed by atoms with Crippen LogP contribution in [-0.4, -0.2) is 43.0 Å². The van der Waals surface area contributed by atoms with Crippen molar-refractivity contribution in [3.05, 3.63) is 60.2 Å². The lowest BCUT2D eigenvalue weighted by molar-refractivity contribution is -0.119. The van der Waals surface area contributed by atoms with E-state index in [2.05, 4.69) is 6.92 Å². The van der Waals surface area contributed by atoms with Crippen LogP contribution in [0.2, 0.25) is 0 Å². The van der Waals surface area contributed by atoms with Crippen molar-refractivity contribution < 1.29 is 9.59 Å². The SMILES string of the molecule is CCCCN(C(=O)CN1CCN(c2ccc(C)cc2)C1=O)c1ccccc1. The largest absolute Gasteiger partial charge is 0.325 e. The Labute approximate surface area is 161 Å². The quantitative estimate of drug-likeness (QED) is 0.742. The van der Waals surface area contributed by atoms with Crippen LogP contribution in [0.15, 0.2) is 54.6 Å². The number of para-hydroxylation sites is 1. The van der Waals surface area contributed by atoms with Gasteiger partial charge in [-0.05, 0) is 37.6 Å². The number of rotatable bonds is 7. The third-order valence-corrected chi connectivity index (χ3v) is 4.87. The number of unbranched alkanes of at least 4 members (excludes halogenated alkanes) is 1. The highest BCUT2D eigenvalue weighted by Gasteiger charge is 2.32. The Hall–Kier alpha value is -2.82. The van der Waals surface area contributed by atoms with Gasteiger partial charge in [-0.3, -0.25) is 9.69 Å². The minimum atomic E-state index is -0.101. The minimum Gasteiger partial charge on any atom is -0.313 e. The molecular weight excluding hydrogens is 338 g/mol. The Balaban J connectivity index is 1.68. The third kappa shape index (κ3) is 4.48. The maximum atomic E-state index is 13.0. The number of nitrogens with zero attached hydrogens (tertiary/aromatic N) is 3. The first kappa shape index (κ1) is 19.0. The summed E-state index contributed by atoms with van der Waals surface area (Å²) in [6, 6.07) is 17.5. The van der Waals surface area contributed by atoms with Gasteiger partial charge < -0.3 is 9.80 Å². The Morgan fingerprint density at radius 1 is 1.04 bits per heavy atom. The van der Waals surface area contributed by atoms with Gasteiger partial charge in [0.15, 0.2) is 0 Å². The molecule has 1 saturated heterocycles. The predicted octanol–water partition coefficient (Wildman–Crippen LogP) is 4.07. The fourth-order valence-corrected chi connectivity index (χ4v) is 3.26. The standard InChI is InChI=1S/C22H27N3O2/c1-3-4-14-24(19-8-6-5-7-9-19)21(26)17-23-15-16-25(22(23)27)20-12-10-18(2)11-13-20/h5-13H,3-4,14-17H2,1-2H3. The average Bonchev–Trinajstić information content (AvgIpc) is 3.04. The zero-order chi connectivity index (χ0) is 19.2. The first-order chi connectivity index (χ1) is 13.1. The van der Waals surface area contributed by atoms with Gasteiger partial charge in [0.2, 0.25) is 5.91 Å². The highest BCUT2D eigenvalue weighted by atomic mass is 16.2. The van der Waals surface area contributed by atoms with Crippen LogP contribution in [0.4, 0.5) is 16.2 Å². The summed E-state index contributed by atoms with van der Waals surface area (Å²) in [5.74, 6) is -0.0336. The summed E-state index contributed by atoms with van der Waals surface area (Å²) in [5, 5.41) is 0. The summed E-state index contributed by atoms with van der Waals surface area (Å²) in [6.45, 7) is 6.08. The number of hydrogen-bond donors (Lipinski definition) is 0. The molecule has 0 radical (unpaired) electrons. The van der Waals surface area contributed by atoms with Crippen molar-refractivity contribution in [2.75, 3.05) is 36.0 Å². The van der Waals surface area contributed by atoms with Crippen LogP contribution in [0.1, 0.15) is 25.3 Å². The number of carbonyl (C=O) groups is 2. The Morgan fingerprint density at radius 3 is 2.41 bits per heavy atom. The van der Waals surface area contributed by atoms with E-state index in [-0.39, 0.29) is 18.5 Å². The predicted molar refractivity (Wildman–Crippen MR) is 109 cm³/mol. The van der Waals surface area contributed by atoms with Crippen molar-refractivity contribution in [1.82, 2.24) is 4.90 Å². The van der Waals surface area contributed by atoms with Crippen LogP contribution < -0.4 is 9.80 Å². The van der Waals surface area contributed by atoms with Crippen molar-refractivity contribution in [1.29, 1.82) is 0 Å². The molecule has 3 amide bonds. The first-order valence-corrected chi connectivity index (χ1v) is 9.58. The van der Waals surface area contributed by atoms with Gasteiger partial charge in [-0.2, -0.15) is 0 Å². The molecule has 0 aromatic heterocycles. The van der Waals surface area contributed by atoms with E-state index in [0.717, 1.165) is 29.8 Å². The maximum Gasteiger partial charge on any atom is 0.325 e. The third-order valence-electron chi connectivity index (χ3n) is 4.87. The molecule has 1 heterocycles. The average molecular weight is 365 g/mol. The van der Waals surface area contributed by atoms with Gasteiger partial charge in [0.25, 0.3) is 0 Å². The van der Waals surface area contributed by atoms with Gasteiger partial charge in [-0.25, -0.2) is 4.79 Å². The molecule has 0 unspecified atom stereocenters. The van der Waals surface area contributed by atoms with Gasteiger partial charge in [0.05, 0.1) is 0 Å². The van der Waals surface area contributed by atoms with Gasteiger partial charge in [0.1, 0.15) is 6.54 Å². The van der Waals surface area contributed by atoms with Crippen LogP contribution in [0.25, 0.3) is 0 Å². The smallest absolute Gasteiger partial charge is 0.313 e. The molecule has 0 atom stereocenters. The summed E-state index contributed by atoms with van der Waals surface area (Å²) < 4.78 is 0. The Kier molecular flexibility index (Phi) is 6.12. The lowest BCUT2D eigenvalue weighted by Gasteiger charge is -2.25. The van der Waals surface area contributed by atoms with Crippen LogP contribution >= 0.6 is 0 Å². The first-order valence-electron chi connectivity index (χ1n) is 9.58. The molecule has 0 spiro atoms. The number of anilines is 2. The van der Waals surface area contributed by atoms with Crippen molar-refractivity contribution >= 4 is 23.3 Å². The highest BCUT2D eigenvalue weighted by Crippen LogP contribution is 2.21. The van der Waals surface area contributed by atoms with E-state index in [0.29, 0.717) is 19.6 Å². The fraction of sp³-hybridized carbons (Fsp3) is 0.364. The topological polar surface area (TPSA) is 43.9 Å². The van der Waals surface area contributed by atoms with E-state index < -0.39 is 0 Å². The van der Waals surface area contributed by atoms with E-state index in [1.54, 1.807) is 14.7 Å². The normalized spacial score (nSPS) is 13.9. The van der Waals surface area contributed by atoms with Gasteiger partial charge in [-0.1, -0.05) is 49.2 Å². The Bertz CT molecular complexity index is 774. The van der Waals surface area contributed by atoms with Gasteiger partial charge in [0, 0.05) is 31.0 Å². The molecule has 3 rings (SSSR count). The van der Waals surface area contributed by atoms with Crippen molar-refractivity contribution in [3.8, 4) is 0 Å². The van der Waals surface area contributed by atoms with Crippen molar-refractivity contribution in [3.63, 3.8) is 0 Å². The molecule has 1 fully saturated rings. The van der Waals surface area contributed by atoms with E-state index in [4.69, 9.17) is 0 Å². The Morgan fingerprint density at radius 2 is 1.74 bits per heavy atom. The van der Waals surface area contributed by atoms with E-state index in [1.807, 2.05) is 61.5 Å². The minimum absolute atomic E-state index is 0.0336.